The molecule has 1 atom stereocenters. The van der Waals surface area contributed by atoms with E-state index in [1.165, 1.54) is 0 Å². The molecule has 0 aromatic heterocycles. The molecule has 0 bridgehead atoms. The van der Waals surface area contributed by atoms with Crippen LogP contribution in [0.15, 0.2) is 72.8 Å². The molecule has 2 N–H and O–H groups in total. The number of hydrazine groups is 1. The predicted octanol–water partition coefficient (Wildman–Crippen LogP) is 2.83. The molecule has 27 heavy (non-hydrogen) atoms. The van der Waals surface area contributed by atoms with E-state index in [1.54, 1.807) is 37.3 Å². The van der Waals surface area contributed by atoms with Gasteiger partial charge in [0.1, 0.15) is 11.5 Å². The molecule has 0 spiro atoms. The fraction of sp³-hybridized carbons (Fsp3) is 0.143. The molecule has 2 amide bonds. The second kappa shape index (κ2) is 8.71. The largest absolute Gasteiger partial charge is 0.484 e. The number of nitrogens with one attached hydrogen (secondary N) is 2. The van der Waals surface area contributed by atoms with Gasteiger partial charge in [-0.15, -0.1) is 0 Å². The summed E-state index contributed by atoms with van der Waals surface area (Å²) in [6.07, 6.45) is -0.776. The van der Waals surface area contributed by atoms with Crippen LogP contribution in [-0.4, -0.2) is 24.5 Å². The Labute approximate surface area is 157 Å². The Hall–Kier alpha value is -3.54. The summed E-state index contributed by atoms with van der Waals surface area (Å²) in [6, 6.07) is 22.4. The maximum Gasteiger partial charge on any atom is 0.279 e. The van der Waals surface area contributed by atoms with E-state index in [1.807, 2.05) is 42.5 Å². The van der Waals surface area contributed by atoms with Gasteiger partial charge in [0.15, 0.2) is 12.7 Å². The Morgan fingerprint density at radius 3 is 2.33 bits per heavy atom. The highest BCUT2D eigenvalue weighted by Gasteiger charge is 2.15. The highest BCUT2D eigenvalue weighted by atomic mass is 16.5. The van der Waals surface area contributed by atoms with Gasteiger partial charge in [-0.05, 0) is 42.0 Å². The van der Waals surface area contributed by atoms with Crippen LogP contribution in [0.2, 0.25) is 0 Å². The second-order valence-electron chi connectivity index (χ2n) is 5.91. The van der Waals surface area contributed by atoms with Gasteiger partial charge < -0.3 is 9.47 Å². The Morgan fingerprint density at radius 1 is 0.852 bits per heavy atom. The average molecular weight is 364 g/mol. The number of fused-ring (bicyclic) bond motifs is 1. The molecule has 0 aliphatic carbocycles. The number of carbonyl (C=O) groups is 2. The monoisotopic (exact) mass is 364 g/mol. The first kappa shape index (κ1) is 18.3. The molecule has 138 valence electrons. The first-order valence-electron chi connectivity index (χ1n) is 8.54. The number of carbonyl (C=O) groups excluding carboxylic acids is 2. The lowest BCUT2D eigenvalue weighted by Crippen LogP contribution is -2.48. The standard InChI is InChI=1S/C21H20N2O4/c1-15(27-19-12-11-16-7-5-6-8-17(16)13-19)21(25)23-22-20(24)14-26-18-9-3-2-4-10-18/h2-13,15H,14H2,1H3,(H,22,24)(H,23,25). The molecular formula is C21H20N2O4. The lowest BCUT2D eigenvalue weighted by Gasteiger charge is -2.15. The number of amides is 2. The van der Waals surface area contributed by atoms with Gasteiger partial charge in [-0.1, -0.05) is 48.5 Å². The Morgan fingerprint density at radius 2 is 1.56 bits per heavy atom. The van der Waals surface area contributed by atoms with E-state index in [2.05, 4.69) is 10.9 Å². The summed E-state index contributed by atoms with van der Waals surface area (Å²) in [7, 11) is 0. The zero-order chi connectivity index (χ0) is 19.1. The van der Waals surface area contributed by atoms with Crippen molar-refractivity contribution in [1.29, 1.82) is 0 Å². The van der Waals surface area contributed by atoms with Crippen molar-refractivity contribution in [2.45, 2.75) is 13.0 Å². The first-order valence-corrected chi connectivity index (χ1v) is 8.54. The topological polar surface area (TPSA) is 76.7 Å². The van der Waals surface area contributed by atoms with Crippen LogP contribution in [0.5, 0.6) is 11.5 Å². The SMILES string of the molecule is CC(Oc1ccc2ccccc2c1)C(=O)NNC(=O)COc1ccccc1. The van der Waals surface area contributed by atoms with E-state index in [4.69, 9.17) is 9.47 Å². The van der Waals surface area contributed by atoms with E-state index in [0.29, 0.717) is 11.5 Å². The van der Waals surface area contributed by atoms with E-state index < -0.39 is 17.9 Å². The fourth-order valence-electron chi connectivity index (χ4n) is 2.43. The molecule has 0 saturated heterocycles. The third-order valence-electron chi connectivity index (χ3n) is 3.84. The maximum atomic E-state index is 12.1. The van der Waals surface area contributed by atoms with Gasteiger partial charge in [-0.3, -0.25) is 20.4 Å². The summed E-state index contributed by atoms with van der Waals surface area (Å²) in [5.41, 5.74) is 4.64. The molecule has 3 rings (SSSR count). The Kier molecular flexibility index (Phi) is 5.89. The van der Waals surface area contributed by atoms with E-state index in [-0.39, 0.29) is 6.61 Å². The van der Waals surface area contributed by atoms with Crippen LogP contribution >= 0.6 is 0 Å². The summed E-state index contributed by atoms with van der Waals surface area (Å²) in [5.74, 6) is 0.225. The smallest absolute Gasteiger partial charge is 0.279 e. The molecule has 0 fully saturated rings. The van der Waals surface area contributed by atoms with Crippen molar-refractivity contribution < 1.29 is 19.1 Å². The summed E-state index contributed by atoms with van der Waals surface area (Å²) in [4.78, 5) is 23.9. The van der Waals surface area contributed by atoms with E-state index >= 15 is 0 Å². The molecule has 0 saturated carbocycles. The van der Waals surface area contributed by atoms with Gasteiger partial charge in [0, 0.05) is 0 Å². The number of hydrogen-bond acceptors (Lipinski definition) is 4. The van der Waals surface area contributed by atoms with Gasteiger partial charge in [0.2, 0.25) is 0 Å². The van der Waals surface area contributed by atoms with Crippen molar-refractivity contribution >= 4 is 22.6 Å². The lowest BCUT2D eigenvalue weighted by molar-refractivity contribution is -0.133. The number of benzene rings is 3. The lowest BCUT2D eigenvalue weighted by atomic mass is 10.1. The van der Waals surface area contributed by atoms with E-state index in [9.17, 15) is 9.59 Å². The Bertz CT molecular complexity index is 928. The summed E-state index contributed by atoms with van der Waals surface area (Å²) in [5, 5.41) is 2.11. The summed E-state index contributed by atoms with van der Waals surface area (Å²) in [6.45, 7) is 1.40. The quantitative estimate of drug-likeness (QED) is 0.660. The van der Waals surface area contributed by atoms with Crippen LogP contribution in [0.1, 0.15) is 6.92 Å². The van der Waals surface area contributed by atoms with Gasteiger partial charge in [-0.25, -0.2) is 0 Å². The molecule has 0 radical (unpaired) electrons. The maximum absolute atomic E-state index is 12.1. The van der Waals surface area contributed by atoms with Gasteiger partial charge in [0.05, 0.1) is 0 Å². The third-order valence-corrected chi connectivity index (χ3v) is 3.84. The van der Waals surface area contributed by atoms with Crippen LogP contribution < -0.4 is 20.3 Å². The van der Waals surface area contributed by atoms with Crippen LogP contribution in [0.25, 0.3) is 10.8 Å². The van der Waals surface area contributed by atoms with Gasteiger partial charge >= 0.3 is 0 Å². The van der Waals surface area contributed by atoms with Crippen molar-refractivity contribution in [3.8, 4) is 11.5 Å². The normalized spacial score (nSPS) is 11.4. The highest BCUT2D eigenvalue weighted by Crippen LogP contribution is 2.21. The van der Waals surface area contributed by atoms with Crippen LogP contribution in [0, 0.1) is 0 Å². The van der Waals surface area contributed by atoms with Crippen molar-refractivity contribution in [2.75, 3.05) is 6.61 Å². The summed E-state index contributed by atoms with van der Waals surface area (Å²) >= 11 is 0. The molecule has 3 aromatic carbocycles. The molecule has 6 heteroatoms. The zero-order valence-electron chi connectivity index (χ0n) is 14.8. The van der Waals surface area contributed by atoms with Crippen LogP contribution in [0.3, 0.4) is 0 Å². The fourth-order valence-corrected chi connectivity index (χ4v) is 2.43. The second-order valence-corrected chi connectivity index (χ2v) is 5.91. The molecule has 0 aliphatic rings. The molecule has 0 aliphatic heterocycles. The molecular weight excluding hydrogens is 344 g/mol. The third kappa shape index (κ3) is 5.22. The first-order chi connectivity index (χ1) is 13.1. The molecule has 3 aromatic rings. The summed E-state index contributed by atoms with van der Waals surface area (Å²) < 4.78 is 11.0. The highest BCUT2D eigenvalue weighted by molar-refractivity contribution is 5.86. The molecule has 1 unspecified atom stereocenters. The number of hydrogen-bond donors (Lipinski definition) is 2. The minimum atomic E-state index is -0.776. The van der Waals surface area contributed by atoms with Crippen molar-refractivity contribution in [3.63, 3.8) is 0 Å². The number of para-hydroxylation sites is 1. The average Bonchev–Trinajstić information content (AvgIpc) is 2.71. The number of rotatable bonds is 6. The zero-order valence-corrected chi connectivity index (χ0v) is 14.8. The van der Waals surface area contributed by atoms with Crippen molar-refractivity contribution in [3.05, 3.63) is 72.8 Å². The number of ether oxygens (including phenoxy) is 2. The Balaban J connectivity index is 1.46. The minimum Gasteiger partial charge on any atom is -0.484 e. The van der Waals surface area contributed by atoms with Crippen LogP contribution in [0.4, 0.5) is 0 Å². The van der Waals surface area contributed by atoms with Gasteiger partial charge in [0.25, 0.3) is 11.8 Å². The van der Waals surface area contributed by atoms with E-state index in [0.717, 1.165) is 10.8 Å². The minimum absolute atomic E-state index is 0.204. The van der Waals surface area contributed by atoms with Crippen molar-refractivity contribution in [1.82, 2.24) is 10.9 Å². The van der Waals surface area contributed by atoms with Crippen LogP contribution in [-0.2, 0) is 9.59 Å². The molecule has 0 heterocycles. The van der Waals surface area contributed by atoms with Crippen molar-refractivity contribution in [2.24, 2.45) is 0 Å². The molecule has 6 nitrogen and oxygen atoms in total. The van der Waals surface area contributed by atoms with Gasteiger partial charge in [-0.2, -0.15) is 0 Å². The predicted molar refractivity (Wildman–Crippen MR) is 102 cm³/mol.